The van der Waals surface area contributed by atoms with Crippen LogP contribution >= 0.6 is 30.1 Å². The molecule has 0 aromatic heterocycles. The summed E-state index contributed by atoms with van der Waals surface area (Å²) in [6.45, 7) is 5.80. The summed E-state index contributed by atoms with van der Waals surface area (Å²) < 4.78 is 72.8. The molecule has 1 aliphatic carbocycles. The third-order valence-electron chi connectivity index (χ3n) is 4.23. The zero-order valence-corrected chi connectivity index (χ0v) is 17.0. The lowest BCUT2D eigenvalue weighted by atomic mass is 9.80. The van der Waals surface area contributed by atoms with Gasteiger partial charge in [-0.05, 0) is 32.1 Å². The highest BCUT2D eigenvalue weighted by molar-refractivity contribution is 8.62. The fourth-order valence-corrected chi connectivity index (χ4v) is 6.69. The summed E-state index contributed by atoms with van der Waals surface area (Å²) in [7, 11) is 0. The molecule has 0 aliphatic heterocycles. The Balaban J connectivity index is 2.16. The molecule has 0 heterocycles. The number of thiol groups is 1. The molecule has 0 spiro atoms. The van der Waals surface area contributed by atoms with Gasteiger partial charge < -0.3 is 0 Å². The molecule has 0 saturated heterocycles. The smallest absolute Gasteiger partial charge is 0.298 e. The van der Waals surface area contributed by atoms with Crippen molar-refractivity contribution in [3.05, 3.63) is 41.2 Å². The van der Waals surface area contributed by atoms with E-state index in [4.69, 9.17) is 22.1 Å². The van der Waals surface area contributed by atoms with Crippen molar-refractivity contribution >= 4 is 41.9 Å². The van der Waals surface area contributed by atoms with E-state index in [1.807, 2.05) is 6.92 Å². The van der Waals surface area contributed by atoms with Crippen LogP contribution < -0.4 is 5.73 Å². The molecule has 0 radical (unpaired) electrons. The maximum absolute atomic E-state index is 13.8. The summed E-state index contributed by atoms with van der Waals surface area (Å²) in [6, 6.07) is 0. The first-order valence-corrected chi connectivity index (χ1v) is 11.7. The number of allylic oxidation sites excluding steroid dienone is 1. The third kappa shape index (κ3) is 4.42. The van der Waals surface area contributed by atoms with Crippen LogP contribution in [0.4, 0.5) is 22.0 Å². The quantitative estimate of drug-likeness (QED) is 0.117. The summed E-state index contributed by atoms with van der Waals surface area (Å²) in [6.07, 6.45) is -0.443. The Morgan fingerprint density at radius 2 is 1.73 bits per heavy atom. The number of hydrogen-bond acceptors (Lipinski definition) is 5. The van der Waals surface area contributed by atoms with E-state index in [2.05, 4.69) is 19.2 Å². The molecule has 0 amide bonds. The van der Waals surface area contributed by atoms with E-state index in [1.165, 1.54) is 0 Å². The number of hydrogen-bond donors (Lipinski definition) is 2. The van der Waals surface area contributed by atoms with Gasteiger partial charge in [-0.2, -0.15) is 12.6 Å². The Labute approximate surface area is 163 Å². The molecular formula is C15H16F5NOPS3+. The minimum absolute atomic E-state index is 0.219. The Bertz CT molecular complexity index is 736. The van der Waals surface area contributed by atoms with Crippen molar-refractivity contribution in [1.29, 1.82) is 0 Å². The van der Waals surface area contributed by atoms with Crippen molar-refractivity contribution in [3.8, 4) is 0 Å². The van der Waals surface area contributed by atoms with Gasteiger partial charge in [-0.1, -0.05) is 12.2 Å². The van der Waals surface area contributed by atoms with Crippen molar-refractivity contribution in [2.75, 3.05) is 0 Å². The van der Waals surface area contributed by atoms with Gasteiger partial charge >= 0.3 is 6.13 Å². The van der Waals surface area contributed by atoms with E-state index in [-0.39, 0.29) is 17.3 Å². The van der Waals surface area contributed by atoms with Crippen LogP contribution in [0.5, 0.6) is 0 Å². The van der Waals surface area contributed by atoms with Gasteiger partial charge in [-0.25, -0.2) is 22.0 Å². The third-order valence-corrected chi connectivity index (χ3v) is 8.17. The van der Waals surface area contributed by atoms with E-state index in [0.29, 0.717) is 19.3 Å². The van der Waals surface area contributed by atoms with Gasteiger partial charge in [0.2, 0.25) is 17.6 Å². The SMILES string of the molecule is C=C(C)[C@H]1CC[C@@](N)(O[P+](=S)Sc2c(F)c(F)c(F)c(F)c2F)[C@H](S)C1. The molecule has 4 atom stereocenters. The lowest BCUT2D eigenvalue weighted by Gasteiger charge is -2.38. The molecule has 1 saturated carbocycles. The first kappa shape index (κ1) is 22.0. The summed E-state index contributed by atoms with van der Waals surface area (Å²) in [4.78, 5) is -1.07. The van der Waals surface area contributed by atoms with E-state index in [0.717, 1.165) is 5.57 Å². The molecule has 1 fully saturated rings. The van der Waals surface area contributed by atoms with Gasteiger partial charge in [-0.15, -0.1) is 4.52 Å². The van der Waals surface area contributed by atoms with Crippen molar-refractivity contribution in [1.82, 2.24) is 0 Å². The molecule has 1 unspecified atom stereocenters. The predicted octanol–water partition coefficient (Wildman–Crippen LogP) is 5.59. The maximum Gasteiger partial charge on any atom is 0.421 e. The predicted molar refractivity (Wildman–Crippen MR) is 99.3 cm³/mol. The second kappa shape index (κ2) is 8.41. The summed E-state index contributed by atoms with van der Waals surface area (Å²) in [5.41, 5.74) is 5.93. The minimum Gasteiger partial charge on any atom is -0.298 e. The maximum atomic E-state index is 13.8. The van der Waals surface area contributed by atoms with E-state index in [1.54, 1.807) is 0 Å². The van der Waals surface area contributed by atoms with Crippen LogP contribution in [-0.4, -0.2) is 11.0 Å². The molecule has 2 rings (SSSR count). The highest BCUT2D eigenvalue weighted by Gasteiger charge is 2.46. The Kier molecular flexibility index (Phi) is 7.13. The van der Waals surface area contributed by atoms with Crippen molar-refractivity contribution < 1.29 is 26.5 Å². The molecule has 1 aliphatic rings. The molecule has 0 bridgehead atoms. The fraction of sp³-hybridized carbons (Fsp3) is 0.467. The first-order chi connectivity index (χ1) is 12.0. The molecular weight excluding hydrogens is 432 g/mol. The molecule has 144 valence electrons. The zero-order chi connectivity index (χ0) is 19.8. The van der Waals surface area contributed by atoms with Crippen LogP contribution in [0, 0.1) is 35.0 Å². The number of nitrogens with two attached hydrogens (primary N) is 1. The van der Waals surface area contributed by atoms with Crippen molar-refractivity contribution in [2.24, 2.45) is 11.7 Å². The van der Waals surface area contributed by atoms with Crippen LogP contribution in [0.3, 0.4) is 0 Å². The summed E-state index contributed by atoms with van der Waals surface area (Å²) >= 11 is 9.74. The summed E-state index contributed by atoms with van der Waals surface area (Å²) in [5.74, 6) is -9.93. The summed E-state index contributed by atoms with van der Waals surface area (Å²) in [5, 5.41) is -0.414. The Hall–Kier alpha value is -0.250. The normalized spacial score (nSPS) is 26.7. The average molecular weight is 448 g/mol. The lowest BCUT2D eigenvalue weighted by Crippen LogP contribution is -2.52. The fourth-order valence-electron chi connectivity index (χ4n) is 2.60. The van der Waals surface area contributed by atoms with E-state index in [9.17, 15) is 22.0 Å². The van der Waals surface area contributed by atoms with Crippen LogP contribution in [0.15, 0.2) is 17.0 Å². The van der Waals surface area contributed by atoms with Crippen molar-refractivity contribution in [3.63, 3.8) is 0 Å². The average Bonchev–Trinajstić information content (AvgIpc) is 2.57. The minimum atomic E-state index is -2.22. The van der Waals surface area contributed by atoms with E-state index < -0.39 is 51.1 Å². The van der Waals surface area contributed by atoms with Crippen molar-refractivity contribution in [2.45, 2.75) is 42.1 Å². The van der Waals surface area contributed by atoms with Gasteiger partial charge in [0.1, 0.15) is 4.90 Å². The van der Waals surface area contributed by atoms with E-state index >= 15 is 0 Å². The monoisotopic (exact) mass is 448 g/mol. The van der Waals surface area contributed by atoms with Crippen LogP contribution in [0.2, 0.25) is 0 Å². The van der Waals surface area contributed by atoms with Gasteiger partial charge in [0, 0.05) is 5.25 Å². The highest BCUT2D eigenvalue weighted by Crippen LogP contribution is 2.52. The molecule has 2 nitrogen and oxygen atoms in total. The standard InChI is InChI=1S/C15H15F5NOPS3/c1-6(2)7-3-4-15(21,8(24)5-7)22-23(25)26-14-12(19)10(17)9(16)11(18)13(14)20/h7-8H,1,3-5,21H2,2H3/p+1/t7-,8+,15+/m0/s1. The number of halogens is 5. The molecule has 2 N–H and O–H groups in total. The first-order valence-electron chi connectivity index (χ1n) is 7.46. The zero-order valence-electron chi connectivity index (χ0n) is 13.6. The largest absolute Gasteiger partial charge is 0.421 e. The number of rotatable bonds is 5. The number of benzene rings is 1. The molecule has 1 aromatic carbocycles. The Morgan fingerprint density at radius 3 is 2.19 bits per heavy atom. The molecule has 26 heavy (non-hydrogen) atoms. The van der Waals surface area contributed by atoms with Crippen LogP contribution in [0.1, 0.15) is 26.2 Å². The van der Waals surface area contributed by atoms with Gasteiger partial charge in [0.15, 0.2) is 40.4 Å². The molecule has 1 aromatic rings. The highest BCUT2D eigenvalue weighted by atomic mass is 32.9. The second-order valence-corrected chi connectivity index (χ2v) is 11.2. The second-order valence-electron chi connectivity index (χ2n) is 6.09. The molecule has 11 heteroatoms. The van der Waals surface area contributed by atoms with Gasteiger partial charge in [0.05, 0.1) is 0 Å². The van der Waals surface area contributed by atoms with Crippen LogP contribution in [-0.2, 0) is 16.3 Å². The van der Waals surface area contributed by atoms with Gasteiger partial charge in [-0.3, -0.25) is 5.73 Å². The van der Waals surface area contributed by atoms with Gasteiger partial charge in [0.25, 0.3) is 0 Å². The van der Waals surface area contributed by atoms with Crippen LogP contribution in [0.25, 0.3) is 0 Å². The Morgan fingerprint density at radius 1 is 1.23 bits per heavy atom. The topological polar surface area (TPSA) is 35.2 Å². The lowest BCUT2D eigenvalue weighted by molar-refractivity contribution is 0.0514.